The largest absolute Gasteiger partial charge is 0.355 e. The van der Waals surface area contributed by atoms with Gasteiger partial charge in [0.2, 0.25) is 5.91 Å². The van der Waals surface area contributed by atoms with Crippen LogP contribution in [0.25, 0.3) is 10.8 Å². The lowest BCUT2D eigenvalue weighted by Crippen LogP contribution is -2.38. The molecule has 0 unspecified atom stereocenters. The van der Waals surface area contributed by atoms with Crippen LogP contribution in [0.15, 0.2) is 40.7 Å². The molecule has 1 aliphatic carbocycles. The second-order valence-corrected chi connectivity index (χ2v) is 8.71. The number of aromatic nitrogens is 2. The molecule has 1 aromatic heterocycles. The molecule has 1 fully saturated rings. The van der Waals surface area contributed by atoms with Crippen molar-refractivity contribution in [1.29, 1.82) is 0 Å². The molecule has 6 nitrogen and oxygen atoms in total. The number of amides is 1. The van der Waals surface area contributed by atoms with Crippen molar-refractivity contribution >= 4 is 22.5 Å². The topological polar surface area (TPSA) is 67.2 Å². The Bertz CT molecular complexity index is 986. The average Bonchev–Trinajstić information content (AvgIpc) is 2.77. The van der Waals surface area contributed by atoms with Crippen LogP contribution in [0.5, 0.6) is 0 Å². The molecule has 1 N–H and O–H groups in total. The highest BCUT2D eigenvalue weighted by atomic mass is 16.2. The summed E-state index contributed by atoms with van der Waals surface area (Å²) in [5.74, 6) is 1.37. The van der Waals surface area contributed by atoms with Crippen molar-refractivity contribution in [3.05, 3.63) is 46.3 Å². The maximum absolute atomic E-state index is 13.0. The minimum atomic E-state index is -0.204. The molecule has 0 saturated carbocycles. The minimum absolute atomic E-state index is 0.0417. The van der Waals surface area contributed by atoms with Gasteiger partial charge in [0.05, 0.1) is 5.39 Å². The third-order valence-electron chi connectivity index (χ3n) is 6.38. The number of hydrogen-bond acceptors (Lipinski definition) is 4. The zero-order chi connectivity index (χ0) is 20.9. The van der Waals surface area contributed by atoms with E-state index in [9.17, 15) is 9.59 Å². The van der Waals surface area contributed by atoms with E-state index < -0.39 is 0 Å². The Kier molecular flexibility index (Phi) is 6.50. The van der Waals surface area contributed by atoms with E-state index in [1.165, 1.54) is 23.1 Å². The fourth-order valence-electron chi connectivity index (χ4n) is 4.46. The van der Waals surface area contributed by atoms with E-state index in [-0.39, 0.29) is 18.0 Å². The van der Waals surface area contributed by atoms with Gasteiger partial charge in [0.15, 0.2) is 5.82 Å². The normalized spacial score (nSPS) is 17.8. The molecule has 1 saturated heterocycles. The highest BCUT2D eigenvalue weighted by Crippen LogP contribution is 2.26. The van der Waals surface area contributed by atoms with Crippen LogP contribution in [-0.4, -0.2) is 35.3 Å². The van der Waals surface area contributed by atoms with Crippen LogP contribution < -0.4 is 15.8 Å². The zero-order valence-corrected chi connectivity index (χ0v) is 17.9. The van der Waals surface area contributed by atoms with Gasteiger partial charge in [-0.25, -0.2) is 4.68 Å². The molecule has 30 heavy (non-hydrogen) atoms. The van der Waals surface area contributed by atoms with Gasteiger partial charge in [-0.3, -0.25) is 9.59 Å². The minimum Gasteiger partial charge on any atom is -0.355 e. The highest BCUT2D eigenvalue weighted by molar-refractivity contribution is 5.91. The molecule has 2 aliphatic rings. The summed E-state index contributed by atoms with van der Waals surface area (Å²) in [6, 6.07) is 7.60. The van der Waals surface area contributed by atoms with Gasteiger partial charge in [0.25, 0.3) is 5.56 Å². The molecule has 1 aromatic carbocycles. The molecular formula is C24H32N4O2. The number of nitrogens with one attached hydrogen (secondary N) is 1. The third kappa shape index (κ3) is 4.74. The molecule has 160 valence electrons. The zero-order valence-electron chi connectivity index (χ0n) is 17.9. The second kappa shape index (κ2) is 9.45. The van der Waals surface area contributed by atoms with Crippen molar-refractivity contribution in [1.82, 2.24) is 15.1 Å². The molecule has 6 heteroatoms. The summed E-state index contributed by atoms with van der Waals surface area (Å²) in [6.07, 6.45) is 10.2. The molecule has 1 aliphatic heterocycles. The summed E-state index contributed by atoms with van der Waals surface area (Å²) in [5.41, 5.74) is 1.23. The van der Waals surface area contributed by atoms with Crippen molar-refractivity contribution in [2.24, 2.45) is 5.92 Å². The van der Waals surface area contributed by atoms with Gasteiger partial charge in [-0.2, -0.15) is 5.10 Å². The molecule has 0 bridgehead atoms. The molecule has 1 amide bonds. The van der Waals surface area contributed by atoms with Crippen LogP contribution >= 0.6 is 0 Å². The summed E-state index contributed by atoms with van der Waals surface area (Å²) < 4.78 is 1.34. The summed E-state index contributed by atoms with van der Waals surface area (Å²) in [4.78, 5) is 27.7. The maximum Gasteiger partial charge on any atom is 0.275 e. The highest BCUT2D eigenvalue weighted by Gasteiger charge is 2.21. The van der Waals surface area contributed by atoms with Crippen molar-refractivity contribution in [2.75, 3.05) is 24.5 Å². The first-order valence-electron chi connectivity index (χ1n) is 11.3. The molecule has 0 radical (unpaired) electrons. The Morgan fingerprint density at radius 1 is 1.17 bits per heavy atom. The van der Waals surface area contributed by atoms with Crippen LogP contribution in [0.1, 0.15) is 51.9 Å². The number of fused-ring (bicyclic) bond motifs is 1. The van der Waals surface area contributed by atoms with E-state index in [0.717, 1.165) is 56.4 Å². The Morgan fingerprint density at radius 2 is 1.93 bits per heavy atom. The van der Waals surface area contributed by atoms with Crippen LogP contribution in [0.3, 0.4) is 0 Å². The molecule has 2 aromatic rings. The molecular weight excluding hydrogens is 376 g/mol. The number of hydrogen-bond donors (Lipinski definition) is 1. The van der Waals surface area contributed by atoms with Crippen LogP contribution in [0, 0.1) is 5.92 Å². The lowest BCUT2D eigenvalue weighted by atomic mass is 9.97. The number of carbonyl (C=O) groups excluding carboxylic acids is 1. The number of anilines is 1. The summed E-state index contributed by atoms with van der Waals surface area (Å²) in [5, 5.41) is 9.11. The lowest BCUT2D eigenvalue weighted by molar-refractivity contribution is -0.121. The number of benzene rings is 1. The number of rotatable bonds is 6. The van der Waals surface area contributed by atoms with Crippen molar-refractivity contribution in [3.63, 3.8) is 0 Å². The fraction of sp³-hybridized carbons (Fsp3) is 0.542. The Balaban J connectivity index is 1.50. The number of nitrogens with zero attached hydrogens (tertiary/aromatic N) is 3. The number of piperidine rings is 1. The van der Waals surface area contributed by atoms with E-state index in [2.05, 4.69) is 28.3 Å². The van der Waals surface area contributed by atoms with Crippen LogP contribution in [0.4, 0.5) is 5.82 Å². The Morgan fingerprint density at radius 3 is 2.67 bits per heavy atom. The molecule has 0 atom stereocenters. The first-order valence-corrected chi connectivity index (χ1v) is 11.3. The molecule has 4 rings (SSSR count). The summed E-state index contributed by atoms with van der Waals surface area (Å²) in [6.45, 7) is 4.71. The van der Waals surface area contributed by atoms with Crippen molar-refractivity contribution < 1.29 is 4.79 Å². The smallest absolute Gasteiger partial charge is 0.275 e. The predicted molar refractivity (Wildman–Crippen MR) is 121 cm³/mol. The standard InChI is InChI=1S/C24H32N4O2/c1-18-12-15-27(16-13-18)23-20-9-5-6-10-21(20)24(30)28(26-23)17-22(29)25-14-11-19-7-3-2-4-8-19/h5-7,9-10,18H,2-4,8,11-17H2,1H3,(H,25,29). The van der Waals surface area contributed by atoms with Gasteiger partial charge in [0, 0.05) is 25.0 Å². The van der Waals surface area contributed by atoms with Crippen LogP contribution in [-0.2, 0) is 11.3 Å². The van der Waals surface area contributed by atoms with Gasteiger partial charge in [-0.15, -0.1) is 0 Å². The first kappa shape index (κ1) is 20.6. The summed E-state index contributed by atoms with van der Waals surface area (Å²) in [7, 11) is 0. The van der Waals surface area contributed by atoms with Crippen molar-refractivity contribution in [2.45, 2.75) is 58.4 Å². The van der Waals surface area contributed by atoms with E-state index >= 15 is 0 Å². The lowest BCUT2D eigenvalue weighted by Gasteiger charge is -2.32. The molecule has 2 heterocycles. The second-order valence-electron chi connectivity index (χ2n) is 8.71. The SMILES string of the molecule is CC1CCN(c2nn(CC(=O)NCCC3=CCCCC3)c(=O)c3ccccc23)CC1. The van der Waals surface area contributed by atoms with E-state index in [4.69, 9.17) is 0 Å². The summed E-state index contributed by atoms with van der Waals surface area (Å²) >= 11 is 0. The first-order chi connectivity index (χ1) is 14.6. The third-order valence-corrected chi connectivity index (χ3v) is 6.38. The van der Waals surface area contributed by atoms with Gasteiger partial charge in [-0.05, 0) is 56.9 Å². The van der Waals surface area contributed by atoms with Gasteiger partial charge in [0.1, 0.15) is 6.54 Å². The van der Waals surface area contributed by atoms with E-state index in [1.807, 2.05) is 24.3 Å². The fourth-order valence-corrected chi connectivity index (χ4v) is 4.46. The van der Waals surface area contributed by atoms with Gasteiger partial charge in [-0.1, -0.05) is 36.8 Å². The Labute approximate surface area is 178 Å². The molecule has 0 spiro atoms. The average molecular weight is 409 g/mol. The monoisotopic (exact) mass is 408 g/mol. The number of carbonyl (C=O) groups is 1. The van der Waals surface area contributed by atoms with Gasteiger partial charge < -0.3 is 10.2 Å². The predicted octanol–water partition coefficient (Wildman–Crippen LogP) is 3.64. The van der Waals surface area contributed by atoms with Crippen LogP contribution in [0.2, 0.25) is 0 Å². The number of allylic oxidation sites excluding steroid dienone is 1. The quantitative estimate of drug-likeness (QED) is 0.741. The maximum atomic E-state index is 13.0. The van der Waals surface area contributed by atoms with Gasteiger partial charge >= 0.3 is 0 Å². The van der Waals surface area contributed by atoms with Crippen molar-refractivity contribution in [3.8, 4) is 0 Å². The Hall–Kier alpha value is -2.63. The van der Waals surface area contributed by atoms with E-state index in [0.29, 0.717) is 17.8 Å². The van der Waals surface area contributed by atoms with E-state index in [1.54, 1.807) is 0 Å².